The maximum Gasteiger partial charge on any atom is 0.271 e. The molecule has 0 radical (unpaired) electrons. The van der Waals surface area contributed by atoms with Crippen molar-refractivity contribution in [2.24, 2.45) is 11.8 Å². The molecule has 9 nitrogen and oxygen atoms in total. The van der Waals surface area contributed by atoms with Crippen molar-refractivity contribution in [3.8, 4) is 22.9 Å². The number of ether oxygens (including phenoxy) is 1. The summed E-state index contributed by atoms with van der Waals surface area (Å²) in [4.78, 5) is 35.3. The molecule has 40 heavy (non-hydrogen) atoms. The van der Waals surface area contributed by atoms with E-state index in [4.69, 9.17) is 9.72 Å². The third kappa shape index (κ3) is 4.56. The van der Waals surface area contributed by atoms with Crippen molar-refractivity contribution in [1.29, 1.82) is 0 Å². The molecule has 198 valence electrons. The Morgan fingerprint density at radius 2 is 1.57 bits per heavy atom. The van der Waals surface area contributed by atoms with Gasteiger partial charge in [0, 0.05) is 60.7 Å². The van der Waals surface area contributed by atoms with E-state index in [1.165, 1.54) is 0 Å². The number of carbonyl (C=O) groups is 2. The van der Waals surface area contributed by atoms with Crippen LogP contribution in [-0.2, 0) is 0 Å². The number of nitrogens with zero attached hydrogens (tertiary/aromatic N) is 4. The van der Waals surface area contributed by atoms with E-state index in [2.05, 4.69) is 15.7 Å². The van der Waals surface area contributed by atoms with E-state index in [1.807, 2.05) is 94.6 Å². The number of rotatable bonds is 7. The number of hydrogen-bond acceptors (Lipinski definition) is 6. The van der Waals surface area contributed by atoms with Gasteiger partial charge in [-0.25, -0.2) is 15.0 Å². The van der Waals surface area contributed by atoms with E-state index in [1.54, 1.807) is 18.3 Å². The molecule has 5 aromatic rings. The summed E-state index contributed by atoms with van der Waals surface area (Å²) in [6, 6.07) is 26.1. The predicted molar refractivity (Wildman–Crippen MR) is 149 cm³/mol. The fraction of sp³-hybridized carbons (Fsp3) is 0.161. The highest BCUT2D eigenvalue weighted by atomic mass is 16.5. The Bertz CT molecular complexity index is 1670. The summed E-state index contributed by atoms with van der Waals surface area (Å²) >= 11 is 0. The number of carbonyl (C=O) groups excluding carboxylic acids is 2. The van der Waals surface area contributed by atoms with Crippen molar-refractivity contribution >= 4 is 17.5 Å². The molecular weight excluding hydrogens is 504 g/mol. The van der Waals surface area contributed by atoms with Gasteiger partial charge in [0.05, 0.1) is 5.69 Å². The molecule has 3 aromatic heterocycles. The number of hydrogen-bond donors (Lipinski definition) is 2. The first-order valence-corrected chi connectivity index (χ1v) is 13.2. The lowest BCUT2D eigenvalue weighted by Gasteiger charge is -2.21. The van der Waals surface area contributed by atoms with E-state index < -0.39 is 0 Å². The topological polar surface area (TPSA) is 101 Å². The zero-order valence-electron chi connectivity index (χ0n) is 21.5. The number of fused-ring (bicyclic) bond motifs is 2. The molecule has 3 atom stereocenters. The quantitative estimate of drug-likeness (QED) is 0.327. The molecule has 2 fully saturated rings. The Labute approximate surface area is 230 Å². The predicted octanol–water partition coefficient (Wildman–Crippen LogP) is 4.19. The number of para-hydroxylation sites is 1. The second-order valence-corrected chi connectivity index (χ2v) is 10.1. The van der Waals surface area contributed by atoms with Gasteiger partial charge in [-0.1, -0.05) is 42.5 Å². The Kier molecular flexibility index (Phi) is 5.98. The molecule has 2 amide bonds. The lowest BCUT2D eigenvalue weighted by Crippen LogP contribution is -2.44. The first-order chi connectivity index (χ1) is 19.6. The van der Waals surface area contributed by atoms with Gasteiger partial charge in [0.25, 0.3) is 11.8 Å². The van der Waals surface area contributed by atoms with E-state index in [0.717, 1.165) is 16.9 Å². The number of aromatic nitrogens is 3. The van der Waals surface area contributed by atoms with Crippen LogP contribution in [0.25, 0.3) is 16.9 Å². The lowest BCUT2D eigenvalue weighted by atomic mass is 10.0. The van der Waals surface area contributed by atoms with E-state index in [-0.39, 0.29) is 35.6 Å². The van der Waals surface area contributed by atoms with Crippen LogP contribution in [-0.4, -0.2) is 50.3 Å². The zero-order valence-corrected chi connectivity index (χ0v) is 21.5. The third-order valence-electron chi connectivity index (χ3n) is 7.54. The molecule has 1 aliphatic heterocycles. The highest BCUT2D eigenvalue weighted by Gasteiger charge is 2.57. The van der Waals surface area contributed by atoms with Crippen LogP contribution in [0.4, 0.5) is 0 Å². The van der Waals surface area contributed by atoms with Crippen molar-refractivity contribution < 1.29 is 14.3 Å². The Hall–Kier alpha value is -5.02. The van der Waals surface area contributed by atoms with Crippen LogP contribution in [0.5, 0.6) is 11.6 Å². The summed E-state index contributed by atoms with van der Waals surface area (Å²) in [6.07, 6.45) is 5.48. The summed E-state index contributed by atoms with van der Waals surface area (Å²) in [5, 5.41) is 5.12. The van der Waals surface area contributed by atoms with Crippen molar-refractivity contribution in [2.75, 3.05) is 13.1 Å². The maximum absolute atomic E-state index is 13.3. The monoisotopic (exact) mass is 530 g/mol. The fourth-order valence-electron chi connectivity index (χ4n) is 5.48. The van der Waals surface area contributed by atoms with E-state index in [0.29, 0.717) is 30.0 Å². The lowest BCUT2D eigenvalue weighted by molar-refractivity contribution is 0.0792. The first-order valence-electron chi connectivity index (χ1n) is 13.2. The minimum absolute atomic E-state index is 0.0742. The van der Waals surface area contributed by atoms with Crippen LogP contribution >= 0.6 is 0 Å². The second kappa shape index (κ2) is 9.94. The van der Waals surface area contributed by atoms with Gasteiger partial charge >= 0.3 is 0 Å². The van der Waals surface area contributed by atoms with Crippen LogP contribution in [0.1, 0.15) is 20.7 Å². The fourth-order valence-corrected chi connectivity index (χ4v) is 5.48. The van der Waals surface area contributed by atoms with Crippen molar-refractivity contribution in [2.45, 2.75) is 6.04 Å². The van der Waals surface area contributed by atoms with Crippen LogP contribution in [0.3, 0.4) is 0 Å². The van der Waals surface area contributed by atoms with Crippen LogP contribution in [0.2, 0.25) is 0 Å². The van der Waals surface area contributed by atoms with Crippen LogP contribution in [0, 0.1) is 11.8 Å². The molecule has 1 saturated heterocycles. The van der Waals surface area contributed by atoms with Gasteiger partial charge in [0.15, 0.2) is 0 Å². The molecule has 7 rings (SSSR count). The van der Waals surface area contributed by atoms with Crippen molar-refractivity contribution in [3.63, 3.8) is 0 Å². The van der Waals surface area contributed by atoms with Gasteiger partial charge in [0.2, 0.25) is 5.88 Å². The largest absolute Gasteiger partial charge is 0.438 e. The molecular formula is C31H26N6O3. The van der Waals surface area contributed by atoms with E-state index >= 15 is 0 Å². The molecule has 1 aliphatic carbocycles. The van der Waals surface area contributed by atoms with Gasteiger partial charge in [-0.05, 0) is 42.5 Å². The Balaban J connectivity index is 0.981. The molecule has 2 aliphatic rings. The minimum Gasteiger partial charge on any atom is -0.438 e. The molecule has 2 aromatic carbocycles. The van der Waals surface area contributed by atoms with Crippen LogP contribution < -0.4 is 15.5 Å². The molecule has 1 saturated carbocycles. The number of piperidine rings is 1. The highest BCUT2D eigenvalue weighted by molar-refractivity contribution is 6.01. The number of nitrogens with one attached hydrogen (secondary N) is 2. The number of imidazole rings is 1. The smallest absolute Gasteiger partial charge is 0.271 e. The van der Waals surface area contributed by atoms with Crippen molar-refractivity contribution in [1.82, 2.24) is 30.1 Å². The standard InChI is InChI=1S/C31H26N6O3/c38-29(22-12-5-4-11-21(22)26-19-36-16-7-6-14-27(36)33-26)34-28-24-17-37(18-25(24)28)35-30(39)23-13-8-15-32-31(23)40-20-9-2-1-3-10-20/h1-16,19,24-25,28H,17-18H2,(H,34,38)(H,35,39)/t24-,25+,28?. The number of amides is 2. The normalized spacial score (nSPS) is 19.6. The summed E-state index contributed by atoms with van der Waals surface area (Å²) in [5.41, 5.74) is 6.33. The zero-order chi connectivity index (χ0) is 27.1. The second-order valence-electron chi connectivity index (χ2n) is 10.1. The molecule has 1 unspecified atom stereocenters. The van der Waals surface area contributed by atoms with Gasteiger partial charge in [0.1, 0.15) is 17.0 Å². The number of pyridine rings is 2. The van der Waals surface area contributed by atoms with Crippen LogP contribution in [0.15, 0.2) is 104 Å². The minimum atomic E-state index is -0.276. The average molecular weight is 531 g/mol. The number of hydrazine groups is 1. The molecule has 9 heteroatoms. The van der Waals surface area contributed by atoms with Gasteiger partial charge in [-0.15, -0.1) is 0 Å². The summed E-state index contributed by atoms with van der Waals surface area (Å²) in [6.45, 7) is 1.31. The molecule has 4 heterocycles. The number of benzene rings is 2. The van der Waals surface area contributed by atoms with Gasteiger partial charge < -0.3 is 14.5 Å². The first kappa shape index (κ1) is 24.1. The van der Waals surface area contributed by atoms with Crippen molar-refractivity contribution in [3.05, 3.63) is 115 Å². The Morgan fingerprint density at radius 1 is 0.825 bits per heavy atom. The molecule has 0 spiro atoms. The summed E-state index contributed by atoms with van der Waals surface area (Å²) in [7, 11) is 0. The van der Waals surface area contributed by atoms with Gasteiger partial charge in [-0.3, -0.25) is 15.0 Å². The highest BCUT2D eigenvalue weighted by Crippen LogP contribution is 2.45. The van der Waals surface area contributed by atoms with E-state index in [9.17, 15) is 9.59 Å². The molecule has 0 bridgehead atoms. The summed E-state index contributed by atoms with van der Waals surface area (Å²) < 4.78 is 7.79. The maximum atomic E-state index is 13.3. The molecule has 2 N–H and O–H groups in total. The van der Waals surface area contributed by atoms with Gasteiger partial charge in [-0.2, -0.15) is 0 Å². The Morgan fingerprint density at radius 3 is 2.40 bits per heavy atom. The SMILES string of the molecule is O=C(NC1[C@H]2CN(NC(=O)c3cccnc3Oc3ccccc3)C[C@@H]12)c1ccccc1-c1cn2ccccc2n1. The third-order valence-corrected chi connectivity index (χ3v) is 7.54. The summed E-state index contributed by atoms with van der Waals surface area (Å²) in [5.74, 6) is 1.04. The average Bonchev–Trinajstić information content (AvgIpc) is 3.31.